The van der Waals surface area contributed by atoms with Gasteiger partial charge < -0.3 is 10.1 Å². The van der Waals surface area contributed by atoms with Gasteiger partial charge in [0.2, 0.25) is 0 Å². The minimum absolute atomic E-state index is 0.247. The molecule has 6 nitrogen and oxygen atoms in total. The van der Waals surface area contributed by atoms with Crippen molar-refractivity contribution in [2.24, 2.45) is 0 Å². The molecule has 1 aromatic heterocycles. The van der Waals surface area contributed by atoms with Crippen molar-refractivity contribution in [2.75, 3.05) is 13.7 Å². The summed E-state index contributed by atoms with van der Waals surface area (Å²) >= 11 is 0. The maximum atomic E-state index is 5.12. The van der Waals surface area contributed by atoms with Crippen LogP contribution < -0.4 is 10.1 Å². The number of hydrogen-bond donors (Lipinski definition) is 1. The zero-order valence-electron chi connectivity index (χ0n) is 10.2. The lowest BCUT2D eigenvalue weighted by atomic mass is 10.2. The van der Waals surface area contributed by atoms with Gasteiger partial charge in [-0.25, -0.2) is 0 Å². The molecule has 1 unspecified atom stereocenters. The number of aromatic nitrogens is 4. The van der Waals surface area contributed by atoms with Crippen LogP contribution in [0, 0.1) is 0 Å². The number of benzene rings is 1. The molecule has 1 atom stereocenters. The average Bonchev–Trinajstić information content (AvgIpc) is 3.09. The van der Waals surface area contributed by atoms with E-state index in [0.29, 0.717) is 0 Å². The highest BCUT2D eigenvalue weighted by molar-refractivity contribution is 5.35. The highest BCUT2D eigenvalue weighted by Crippen LogP contribution is 2.19. The molecule has 0 spiro atoms. The van der Waals surface area contributed by atoms with Crippen LogP contribution in [-0.2, 0) is 0 Å². The predicted octanol–water partition coefficient (Wildman–Crippen LogP) is 1.10. The summed E-state index contributed by atoms with van der Waals surface area (Å²) < 4.78 is 5.12. The van der Waals surface area contributed by atoms with Gasteiger partial charge in [-0.2, -0.15) is 0 Å². The smallest absolute Gasteiger partial charge is 0.192 e. The first-order chi connectivity index (χ1) is 8.86. The topological polar surface area (TPSA) is 64.9 Å². The van der Waals surface area contributed by atoms with Gasteiger partial charge in [0.05, 0.1) is 18.8 Å². The summed E-state index contributed by atoms with van der Waals surface area (Å²) in [6.07, 6.45) is 2.25. The number of hydrogen-bond acceptors (Lipinski definition) is 5. The third-order valence-electron chi connectivity index (χ3n) is 3.10. The Morgan fingerprint density at radius 2 is 2.17 bits per heavy atom. The van der Waals surface area contributed by atoms with Crippen LogP contribution in [0.15, 0.2) is 24.3 Å². The summed E-state index contributed by atoms with van der Waals surface area (Å²) in [5, 5.41) is 16.0. The van der Waals surface area contributed by atoms with E-state index in [1.165, 1.54) is 6.42 Å². The minimum Gasteiger partial charge on any atom is -0.497 e. The van der Waals surface area contributed by atoms with Crippen LogP contribution in [0.5, 0.6) is 5.75 Å². The molecule has 2 aromatic rings. The molecular formula is C12H15N5O. The van der Waals surface area contributed by atoms with Crippen molar-refractivity contribution in [1.82, 2.24) is 25.5 Å². The molecule has 1 aliphatic heterocycles. The normalized spacial score (nSPS) is 19.1. The van der Waals surface area contributed by atoms with Crippen molar-refractivity contribution < 1.29 is 4.74 Å². The molecule has 0 aliphatic carbocycles. The van der Waals surface area contributed by atoms with Crippen LogP contribution in [-0.4, -0.2) is 33.9 Å². The lowest BCUT2D eigenvalue weighted by Crippen LogP contribution is -2.14. The van der Waals surface area contributed by atoms with E-state index in [9.17, 15) is 0 Å². The second kappa shape index (κ2) is 4.73. The van der Waals surface area contributed by atoms with E-state index in [1.807, 2.05) is 24.3 Å². The molecule has 1 N–H and O–H groups in total. The molecule has 1 aromatic carbocycles. The zero-order chi connectivity index (χ0) is 12.4. The summed E-state index contributed by atoms with van der Waals surface area (Å²) in [5.74, 6) is 1.58. The van der Waals surface area contributed by atoms with Crippen molar-refractivity contribution in [1.29, 1.82) is 0 Å². The van der Waals surface area contributed by atoms with Crippen LogP contribution in [0.4, 0.5) is 0 Å². The largest absolute Gasteiger partial charge is 0.497 e. The number of nitrogens with one attached hydrogen (secondary N) is 1. The number of ether oxygens (including phenoxy) is 1. The molecule has 6 heteroatoms. The summed E-state index contributed by atoms with van der Waals surface area (Å²) in [7, 11) is 1.65. The maximum Gasteiger partial charge on any atom is 0.192 e. The third-order valence-corrected chi connectivity index (χ3v) is 3.10. The Morgan fingerprint density at radius 1 is 1.33 bits per heavy atom. The quantitative estimate of drug-likeness (QED) is 0.877. The van der Waals surface area contributed by atoms with Crippen LogP contribution in [0.25, 0.3) is 5.69 Å². The third kappa shape index (κ3) is 2.06. The van der Waals surface area contributed by atoms with Gasteiger partial charge in [-0.15, -0.1) is 15.0 Å². The van der Waals surface area contributed by atoms with Gasteiger partial charge in [0, 0.05) is 0 Å². The molecule has 94 valence electrons. The lowest BCUT2D eigenvalue weighted by Gasteiger charge is -2.03. The Kier molecular flexibility index (Phi) is 2.93. The van der Waals surface area contributed by atoms with Gasteiger partial charge in [0.1, 0.15) is 5.75 Å². The standard InChI is InChI=1S/C12H15N5O/c1-18-10-6-4-9(5-7-10)17-15-12(14-16-17)11-3-2-8-13-11/h4-7,11,13H,2-3,8H2,1H3. The van der Waals surface area contributed by atoms with E-state index in [4.69, 9.17) is 4.74 Å². The number of methoxy groups -OCH3 is 1. The molecule has 3 rings (SSSR count). The van der Waals surface area contributed by atoms with E-state index in [0.717, 1.165) is 30.2 Å². The Bertz CT molecular complexity index is 516. The SMILES string of the molecule is COc1ccc(-n2nnc(C3CCCN3)n2)cc1. The fourth-order valence-corrected chi connectivity index (χ4v) is 2.09. The Balaban J connectivity index is 1.82. The van der Waals surface area contributed by atoms with Gasteiger partial charge in [0.15, 0.2) is 5.82 Å². The first-order valence-electron chi connectivity index (χ1n) is 6.04. The van der Waals surface area contributed by atoms with Crippen LogP contribution in [0.1, 0.15) is 24.7 Å². The zero-order valence-corrected chi connectivity index (χ0v) is 10.2. The van der Waals surface area contributed by atoms with Gasteiger partial charge in [-0.1, -0.05) is 0 Å². The van der Waals surface area contributed by atoms with Crippen LogP contribution in [0.2, 0.25) is 0 Å². The molecule has 1 fully saturated rings. The molecular weight excluding hydrogens is 230 g/mol. The van der Waals surface area contributed by atoms with E-state index in [-0.39, 0.29) is 6.04 Å². The summed E-state index contributed by atoms with van der Waals surface area (Å²) in [6, 6.07) is 7.83. The maximum absolute atomic E-state index is 5.12. The molecule has 1 aliphatic rings. The predicted molar refractivity (Wildman–Crippen MR) is 65.7 cm³/mol. The summed E-state index contributed by atoms with van der Waals surface area (Å²) in [6.45, 7) is 1.03. The van der Waals surface area contributed by atoms with Crippen molar-refractivity contribution >= 4 is 0 Å². The van der Waals surface area contributed by atoms with Gasteiger partial charge in [-0.05, 0) is 48.9 Å². The first kappa shape index (κ1) is 11.2. The van der Waals surface area contributed by atoms with Gasteiger partial charge in [0.25, 0.3) is 0 Å². The monoisotopic (exact) mass is 245 g/mol. The van der Waals surface area contributed by atoms with Crippen LogP contribution >= 0.6 is 0 Å². The number of rotatable bonds is 3. The molecule has 0 radical (unpaired) electrons. The highest BCUT2D eigenvalue weighted by atomic mass is 16.5. The molecule has 0 saturated carbocycles. The lowest BCUT2D eigenvalue weighted by molar-refractivity contribution is 0.414. The highest BCUT2D eigenvalue weighted by Gasteiger charge is 2.21. The molecule has 1 saturated heterocycles. The van der Waals surface area contributed by atoms with Crippen molar-refractivity contribution in [3.05, 3.63) is 30.1 Å². The van der Waals surface area contributed by atoms with Gasteiger partial charge in [-0.3, -0.25) is 0 Å². The van der Waals surface area contributed by atoms with Crippen molar-refractivity contribution in [3.63, 3.8) is 0 Å². The van der Waals surface area contributed by atoms with E-state index in [1.54, 1.807) is 11.9 Å². The molecule has 0 amide bonds. The molecule has 2 heterocycles. The van der Waals surface area contributed by atoms with Crippen molar-refractivity contribution in [2.45, 2.75) is 18.9 Å². The molecule has 0 bridgehead atoms. The van der Waals surface area contributed by atoms with E-state index < -0.39 is 0 Å². The Morgan fingerprint density at radius 3 is 2.83 bits per heavy atom. The second-order valence-electron chi connectivity index (χ2n) is 4.28. The summed E-state index contributed by atoms with van der Waals surface area (Å²) in [5.41, 5.74) is 0.882. The minimum atomic E-state index is 0.247. The molecule has 18 heavy (non-hydrogen) atoms. The fraction of sp³-hybridized carbons (Fsp3) is 0.417. The summed E-state index contributed by atoms with van der Waals surface area (Å²) in [4.78, 5) is 1.55. The number of nitrogens with zero attached hydrogens (tertiary/aromatic N) is 4. The first-order valence-corrected chi connectivity index (χ1v) is 6.04. The fourth-order valence-electron chi connectivity index (χ4n) is 2.09. The van der Waals surface area contributed by atoms with Crippen LogP contribution in [0.3, 0.4) is 0 Å². The Hall–Kier alpha value is -1.95. The van der Waals surface area contributed by atoms with E-state index >= 15 is 0 Å². The average molecular weight is 245 g/mol. The number of tetrazole rings is 1. The van der Waals surface area contributed by atoms with E-state index in [2.05, 4.69) is 20.7 Å². The van der Waals surface area contributed by atoms with Gasteiger partial charge >= 0.3 is 0 Å². The second-order valence-corrected chi connectivity index (χ2v) is 4.28. The Labute approximate surface area is 105 Å². The van der Waals surface area contributed by atoms with Crippen molar-refractivity contribution in [3.8, 4) is 11.4 Å².